The highest BCUT2D eigenvalue weighted by atomic mass is 32.1. The Labute approximate surface area is 143 Å². The van der Waals surface area contributed by atoms with Gasteiger partial charge in [0.1, 0.15) is 22.2 Å². The molecule has 7 heteroatoms. The molecule has 0 amide bonds. The van der Waals surface area contributed by atoms with Crippen LogP contribution < -0.4 is 10.1 Å². The predicted octanol–water partition coefficient (Wildman–Crippen LogP) is 3.56. The van der Waals surface area contributed by atoms with E-state index in [9.17, 15) is 4.79 Å². The summed E-state index contributed by atoms with van der Waals surface area (Å²) in [7, 11) is 1.64. The average molecular weight is 343 g/mol. The smallest absolute Gasteiger partial charge is 0.305 e. The zero-order chi connectivity index (χ0) is 17.1. The number of aryl methyl sites for hydroxylation is 1. The van der Waals surface area contributed by atoms with Crippen LogP contribution in [0, 0.1) is 6.92 Å². The molecule has 2 aromatic heterocycles. The van der Waals surface area contributed by atoms with Crippen molar-refractivity contribution in [3.05, 3.63) is 35.5 Å². The van der Waals surface area contributed by atoms with Crippen molar-refractivity contribution in [3.8, 4) is 16.9 Å². The van der Waals surface area contributed by atoms with Gasteiger partial charge in [0.05, 0.1) is 18.9 Å². The minimum Gasteiger partial charge on any atom is -0.497 e. The molecule has 0 unspecified atom stereocenters. The van der Waals surface area contributed by atoms with E-state index >= 15 is 0 Å². The van der Waals surface area contributed by atoms with Gasteiger partial charge in [0, 0.05) is 17.5 Å². The number of aromatic nitrogens is 2. The number of hydrogen-bond acceptors (Lipinski definition) is 6. The van der Waals surface area contributed by atoms with Crippen molar-refractivity contribution in [2.75, 3.05) is 19.0 Å². The lowest BCUT2D eigenvalue weighted by atomic mass is 10.1. The van der Waals surface area contributed by atoms with Crippen LogP contribution in [0.25, 0.3) is 21.3 Å². The predicted molar refractivity (Wildman–Crippen MR) is 94.9 cm³/mol. The molecule has 124 valence electrons. The second-order valence-corrected chi connectivity index (χ2v) is 6.11. The van der Waals surface area contributed by atoms with E-state index in [2.05, 4.69) is 15.3 Å². The molecule has 3 rings (SSSR count). The number of anilines is 1. The molecule has 0 spiro atoms. The Bertz CT molecular complexity index is 875. The molecule has 2 heterocycles. The molecule has 0 aliphatic heterocycles. The number of carboxylic acid groups (broad SMARTS) is 1. The molecule has 0 aliphatic carbocycles. The van der Waals surface area contributed by atoms with Crippen LogP contribution in [-0.2, 0) is 4.79 Å². The van der Waals surface area contributed by atoms with E-state index in [1.807, 2.05) is 36.6 Å². The van der Waals surface area contributed by atoms with E-state index in [1.165, 1.54) is 0 Å². The van der Waals surface area contributed by atoms with Crippen molar-refractivity contribution in [2.45, 2.75) is 13.3 Å². The molecule has 1 aromatic carbocycles. The van der Waals surface area contributed by atoms with Gasteiger partial charge in [0.25, 0.3) is 0 Å². The Balaban J connectivity index is 2.03. The molecule has 0 bridgehead atoms. The third-order valence-corrected chi connectivity index (χ3v) is 4.45. The SMILES string of the molecule is COc1ccc(-c2csc3nc(C)nc(NCCC(=O)O)c23)cc1. The number of nitrogens with zero attached hydrogens (tertiary/aromatic N) is 2. The van der Waals surface area contributed by atoms with Gasteiger partial charge in [-0.2, -0.15) is 0 Å². The minimum absolute atomic E-state index is 0.0343. The first-order valence-corrected chi connectivity index (χ1v) is 8.32. The largest absolute Gasteiger partial charge is 0.497 e. The number of hydrogen-bond donors (Lipinski definition) is 2. The Kier molecular flexibility index (Phi) is 4.61. The molecule has 0 aliphatic rings. The van der Waals surface area contributed by atoms with Crippen molar-refractivity contribution < 1.29 is 14.6 Å². The van der Waals surface area contributed by atoms with Crippen molar-refractivity contribution >= 4 is 33.3 Å². The molecular formula is C17H17N3O3S. The summed E-state index contributed by atoms with van der Waals surface area (Å²) < 4.78 is 5.20. The number of benzene rings is 1. The standard InChI is InChI=1S/C17H17N3O3S/c1-10-19-16(18-8-7-14(21)22)15-13(9-24-17(15)20-10)11-3-5-12(23-2)6-4-11/h3-6,9H,7-8H2,1-2H3,(H,21,22)(H,18,19,20). The molecule has 6 nitrogen and oxygen atoms in total. The number of methoxy groups -OCH3 is 1. The topological polar surface area (TPSA) is 84.3 Å². The minimum atomic E-state index is -0.842. The third-order valence-electron chi connectivity index (χ3n) is 3.58. The van der Waals surface area contributed by atoms with Crippen LogP contribution in [-0.4, -0.2) is 34.7 Å². The fraction of sp³-hybridized carbons (Fsp3) is 0.235. The normalized spacial score (nSPS) is 10.8. The van der Waals surface area contributed by atoms with Crippen molar-refractivity contribution in [2.24, 2.45) is 0 Å². The Morgan fingerprint density at radius 3 is 2.71 bits per heavy atom. The summed E-state index contributed by atoms with van der Waals surface area (Å²) in [6.45, 7) is 2.15. The van der Waals surface area contributed by atoms with Crippen molar-refractivity contribution in [3.63, 3.8) is 0 Å². The lowest BCUT2D eigenvalue weighted by Crippen LogP contribution is -2.09. The fourth-order valence-electron chi connectivity index (χ4n) is 2.45. The average Bonchev–Trinajstić information content (AvgIpc) is 2.98. The van der Waals surface area contributed by atoms with E-state index < -0.39 is 5.97 Å². The first-order valence-electron chi connectivity index (χ1n) is 7.44. The summed E-state index contributed by atoms with van der Waals surface area (Å²) in [6.07, 6.45) is 0.0343. The number of carbonyl (C=O) groups is 1. The maximum absolute atomic E-state index is 10.7. The molecule has 0 saturated heterocycles. The van der Waals surface area contributed by atoms with Crippen molar-refractivity contribution in [1.82, 2.24) is 9.97 Å². The molecule has 0 atom stereocenters. The molecule has 0 radical (unpaired) electrons. The van der Waals surface area contributed by atoms with Crippen LogP contribution in [0.5, 0.6) is 5.75 Å². The zero-order valence-electron chi connectivity index (χ0n) is 13.4. The molecular weight excluding hydrogens is 326 g/mol. The van der Waals surface area contributed by atoms with Crippen LogP contribution in [0.1, 0.15) is 12.2 Å². The summed E-state index contributed by atoms with van der Waals surface area (Å²) >= 11 is 1.55. The second-order valence-electron chi connectivity index (χ2n) is 5.25. The Morgan fingerprint density at radius 1 is 1.29 bits per heavy atom. The monoisotopic (exact) mass is 343 g/mol. The fourth-order valence-corrected chi connectivity index (χ4v) is 3.44. The summed E-state index contributed by atoms with van der Waals surface area (Å²) in [5.41, 5.74) is 2.06. The van der Waals surface area contributed by atoms with Crippen LogP contribution >= 0.6 is 11.3 Å². The third kappa shape index (κ3) is 3.30. The van der Waals surface area contributed by atoms with E-state index in [4.69, 9.17) is 9.84 Å². The number of aliphatic carboxylic acids is 1. The quantitative estimate of drug-likeness (QED) is 0.712. The molecule has 2 N–H and O–H groups in total. The van der Waals surface area contributed by atoms with E-state index in [1.54, 1.807) is 18.4 Å². The Hall–Kier alpha value is -2.67. The van der Waals surface area contributed by atoms with E-state index in [0.717, 1.165) is 27.1 Å². The van der Waals surface area contributed by atoms with Gasteiger partial charge in [0.2, 0.25) is 0 Å². The second kappa shape index (κ2) is 6.84. The van der Waals surface area contributed by atoms with Crippen LogP contribution in [0.3, 0.4) is 0 Å². The summed E-state index contributed by atoms with van der Waals surface area (Å²) in [6, 6.07) is 7.79. The number of thiophene rings is 1. The molecule has 0 saturated carbocycles. The lowest BCUT2D eigenvalue weighted by molar-refractivity contribution is -0.136. The maximum Gasteiger partial charge on any atom is 0.305 e. The Morgan fingerprint density at radius 2 is 2.04 bits per heavy atom. The van der Waals surface area contributed by atoms with Gasteiger partial charge in [-0.05, 0) is 24.6 Å². The van der Waals surface area contributed by atoms with Gasteiger partial charge in [-0.3, -0.25) is 4.79 Å². The number of ether oxygens (including phenoxy) is 1. The number of rotatable bonds is 6. The first-order chi connectivity index (χ1) is 11.6. The maximum atomic E-state index is 10.7. The summed E-state index contributed by atoms with van der Waals surface area (Å²) in [4.78, 5) is 20.6. The lowest BCUT2D eigenvalue weighted by Gasteiger charge is -2.09. The van der Waals surface area contributed by atoms with Crippen molar-refractivity contribution in [1.29, 1.82) is 0 Å². The van der Waals surface area contributed by atoms with Gasteiger partial charge >= 0.3 is 5.97 Å². The zero-order valence-corrected chi connectivity index (χ0v) is 14.2. The highest BCUT2D eigenvalue weighted by Crippen LogP contribution is 2.37. The summed E-state index contributed by atoms with van der Waals surface area (Å²) in [5, 5.41) is 14.9. The first kappa shape index (κ1) is 16.2. The van der Waals surface area contributed by atoms with Gasteiger partial charge in [0.15, 0.2) is 0 Å². The summed E-state index contributed by atoms with van der Waals surface area (Å²) in [5.74, 6) is 1.28. The number of fused-ring (bicyclic) bond motifs is 1. The molecule has 3 aromatic rings. The number of nitrogens with one attached hydrogen (secondary N) is 1. The van der Waals surface area contributed by atoms with Gasteiger partial charge in [-0.15, -0.1) is 11.3 Å². The highest BCUT2D eigenvalue weighted by Gasteiger charge is 2.14. The molecule has 24 heavy (non-hydrogen) atoms. The van der Waals surface area contributed by atoms with Gasteiger partial charge in [-0.25, -0.2) is 9.97 Å². The van der Waals surface area contributed by atoms with Crippen LogP contribution in [0.15, 0.2) is 29.6 Å². The van der Waals surface area contributed by atoms with Crippen LogP contribution in [0.2, 0.25) is 0 Å². The number of carboxylic acids is 1. The van der Waals surface area contributed by atoms with E-state index in [-0.39, 0.29) is 6.42 Å². The highest BCUT2D eigenvalue weighted by molar-refractivity contribution is 7.17. The van der Waals surface area contributed by atoms with Gasteiger partial charge in [-0.1, -0.05) is 12.1 Å². The van der Waals surface area contributed by atoms with Gasteiger partial charge < -0.3 is 15.2 Å². The van der Waals surface area contributed by atoms with Crippen LogP contribution in [0.4, 0.5) is 5.82 Å². The molecule has 0 fully saturated rings. The van der Waals surface area contributed by atoms with E-state index in [0.29, 0.717) is 18.2 Å².